The van der Waals surface area contributed by atoms with Crippen LogP contribution < -0.4 is 5.32 Å². The summed E-state index contributed by atoms with van der Waals surface area (Å²) in [6.07, 6.45) is 1.62. The lowest BCUT2D eigenvalue weighted by molar-refractivity contribution is 0.102. The highest BCUT2D eigenvalue weighted by Crippen LogP contribution is 2.22. The number of carbonyl (C=O) groups is 1. The number of amides is 1. The molecule has 5 nitrogen and oxygen atoms in total. The van der Waals surface area contributed by atoms with E-state index in [9.17, 15) is 4.79 Å². The van der Waals surface area contributed by atoms with E-state index in [2.05, 4.69) is 20.3 Å². The molecule has 0 unspecified atom stereocenters. The molecule has 1 amide bonds. The molecule has 2 aromatic heterocycles. The molecule has 0 spiro atoms. The Kier molecular flexibility index (Phi) is 2.68. The zero-order valence-electron chi connectivity index (χ0n) is 10.8. The predicted octanol–water partition coefficient (Wildman–Crippen LogP) is 3.42. The number of nitrogens with zero attached hydrogens (tertiary/aromatic N) is 2. The molecule has 4 rings (SSSR count). The summed E-state index contributed by atoms with van der Waals surface area (Å²) >= 11 is 1.55. The van der Waals surface area contributed by atoms with Crippen LogP contribution in [0.2, 0.25) is 0 Å². The van der Waals surface area contributed by atoms with E-state index in [-0.39, 0.29) is 5.91 Å². The zero-order chi connectivity index (χ0) is 14.2. The number of thiazole rings is 1. The number of hydrogen-bond acceptors (Lipinski definition) is 4. The number of hydrogen-bond donors (Lipinski definition) is 2. The number of H-pyrrole nitrogens is 1. The van der Waals surface area contributed by atoms with E-state index in [0.29, 0.717) is 5.56 Å². The number of imidazole rings is 1. The normalized spacial score (nSPS) is 11.0. The minimum Gasteiger partial charge on any atom is -0.345 e. The van der Waals surface area contributed by atoms with E-state index in [1.54, 1.807) is 35.3 Å². The Hall–Kier alpha value is -2.73. The van der Waals surface area contributed by atoms with Gasteiger partial charge >= 0.3 is 0 Å². The van der Waals surface area contributed by atoms with Crippen molar-refractivity contribution in [2.24, 2.45) is 0 Å². The minimum absolute atomic E-state index is 0.143. The molecule has 0 saturated heterocycles. The maximum Gasteiger partial charge on any atom is 0.255 e. The van der Waals surface area contributed by atoms with Crippen molar-refractivity contribution in [1.29, 1.82) is 0 Å². The van der Waals surface area contributed by atoms with Crippen molar-refractivity contribution in [1.82, 2.24) is 15.0 Å². The number of anilines is 1. The molecule has 2 aromatic carbocycles. The molecule has 0 aliphatic carbocycles. The highest BCUT2D eigenvalue weighted by atomic mass is 32.1. The Bertz CT molecular complexity index is 956. The fraction of sp³-hybridized carbons (Fsp3) is 0. The predicted molar refractivity (Wildman–Crippen MR) is 83.7 cm³/mol. The average Bonchev–Trinajstić information content (AvgIpc) is 3.14. The molecule has 0 bridgehead atoms. The topological polar surface area (TPSA) is 70.7 Å². The Morgan fingerprint density at radius 2 is 2.00 bits per heavy atom. The van der Waals surface area contributed by atoms with Crippen LogP contribution in [-0.2, 0) is 0 Å². The molecule has 21 heavy (non-hydrogen) atoms. The lowest BCUT2D eigenvalue weighted by atomic mass is 10.2. The van der Waals surface area contributed by atoms with Gasteiger partial charge in [-0.3, -0.25) is 4.79 Å². The van der Waals surface area contributed by atoms with Gasteiger partial charge in [0, 0.05) is 11.3 Å². The van der Waals surface area contributed by atoms with E-state index in [1.807, 2.05) is 24.3 Å². The lowest BCUT2D eigenvalue weighted by Crippen LogP contribution is -2.11. The van der Waals surface area contributed by atoms with Gasteiger partial charge in [-0.2, -0.15) is 0 Å². The Balaban J connectivity index is 1.64. The summed E-state index contributed by atoms with van der Waals surface area (Å²) in [5.74, 6) is -0.143. The zero-order valence-corrected chi connectivity index (χ0v) is 11.6. The first-order valence-corrected chi connectivity index (χ1v) is 7.25. The van der Waals surface area contributed by atoms with Gasteiger partial charge in [-0.25, -0.2) is 9.97 Å². The van der Waals surface area contributed by atoms with E-state index in [0.717, 1.165) is 26.9 Å². The third-order valence-corrected chi connectivity index (χ3v) is 4.06. The smallest absolute Gasteiger partial charge is 0.255 e. The Morgan fingerprint density at radius 1 is 1.10 bits per heavy atom. The van der Waals surface area contributed by atoms with Gasteiger partial charge in [0.25, 0.3) is 5.91 Å². The first kappa shape index (κ1) is 12.0. The Morgan fingerprint density at radius 3 is 2.95 bits per heavy atom. The SMILES string of the molecule is O=C(Nc1ccc2ncsc2c1)c1ccc2nc[nH]c2c1. The van der Waals surface area contributed by atoms with Gasteiger partial charge in [-0.15, -0.1) is 11.3 Å². The molecule has 0 saturated carbocycles. The van der Waals surface area contributed by atoms with Crippen molar-refractivity contribution >= 4 is 44.2 Å². The number of benzene rings is 2. The second kappa shape index (κ2) is 4.68. The first-order chi connectivity index (χ1) is 10.3. The van der Waals surface area contributed by atoms with Gasteiger partial charge < -0.3 is 10.3 Å². The lowest BCUT2D eigenvalue weighted by Gasteiger charge is -2.05. The van der Waals surface area contributed by atoms with Crippen LogP contribution in [-0.4, -0.2) is 20.9 Å². The third kappa shape index (κ3) is 2.15. The molecule has 0 aliphatic rings. The number of aromatic amines is 1. The summed E-state index contributed by atoms with van der Waals surface area (Å²) in [7, 11) is 0. The summed E-state index contributed by atoms with van der Waals surface area (Å²) in [6.45, 7) is 0. The van der Waals surface area contributed by atoms with E-state index in [1.165, 1.54) is 0 Å². The van der Waals surface area contributed by atoms with Crippen molar-refractivity contribution in [3.63, 3.8) is 0 Å². The molecule has 0 fully saturated rings. The maximum atomic E-state index is 12.3. The van der Waals surface area contributed by atoms with Gasteiger partial charge in [0.1, 0.15) is 0 Å². The van der Waals surface area contributed by atoms with Gasteiger partial charge in [-0.1, -0.05) is 0 Å². The van der Waals surface area contributed by atoms with Gasteiger partial charge in [-0.05, 0) is 36.4 Å². The molecule has 0 atom stereocenters. The molecular formula is C15H10N4OS. The minimum atomic E-state index is -0.143. The highest BCUT2D eigenvalue weighted by Gasteiger charge is 2.08. The van der Waals surface area contributed by atoms with Crippen molar-refractivity contribution in [3.05, 3.63) is 53.8 Å². The molecule has 102 valence electrons. The van der Waals surface area contributed by atoms with Crippen LogP contribution >= 0.6 is 11.3 Å². The molecule has 6 heteroatoms. The maximum absolute atomic E-state index is 12.3. The summed E-state index contributed by atoms with van der Waals surface area (Å²) in [5, 5.41) is 2.90. The number of nitrogens with one attached hydrogen (secondary N) is 2. The summed E-state index contributed by atoms with van der Waals surface area (Å²) in [5.41, 5.74) is 5.79. The first-order valence-electron chi connectivity index (χ1n) is 6.37. The fourth-order valence-corrected chi connectivity index (χ4v) is 2.93. The number of carbonyl (C=O) groups excluding carboxylic acids is 1. The van der Waals surface area contributed by atoms with E-state index in [4.69, 9.17) is 0 Å². The van der Waals surface area contributed by atoms with Crippen LogP contribution in [0, 0.1) is 0 Å². The largest absolute Gasteiger partial charge is 0.345 e. The van der Waals surface area contributed by atoms with Crippen LogP contribution in [0.15, 0.2) is 48.2 Å². The average molecular weight is 294 g/mol. The molecule has 2 N–H and O–H groups in total. The monoisotopic (exact) mass is 294 g/mol. The van der Waals surface area contributed by atoms with E-state index < -0.39 is 0 Å². The van der Waals surface area contributed by atoms with Gasteiger partial charge in [0.2, 0.25) is 0 Å². The van der Waals surface area contributed by atoms with Crippen molar-refractivity contribution in [3.8, 4) is 0 Å². The van der Waals surface area contributed by atoms with Crippen LogP contribution in [0.25, 0.3) is 21.3 Å². The second-order valence-electron chi connectivity index (χ2n) is 4.62. The van der Waals surface area contributed by atoms with Gasteiger partial charge in [0.05, 0.1) is 33.1 Å². The van der Waals surface area contributed by atoms with Crippen LogP contribution in [0.4, 0.5) is 5.69 Å². The number of fused-ring (bicyclic) bond motifs is 2. The summed E-state index contributed by atoms with van der Waals surface area (Å²) < 4.78 is 1.05. The molecule has 0 radical (unpaired) electrons. The van der Waals surface area contributed by atoms with Crippen molar-refractivity contribution < 1.29 is 4.79 Å². The van der Waals surface area contributed by atoms with Crippen LogP contribution in [0.5, 0.6) is 0 Å². The number of aromatic nitrogens is 3. The standard InChI is InChI=1S/C15H10N4OS/c20-15(9-1-3-11-13(5-9)17-7-16-11)19-10-2-4-12-14(6-10)21-8-18-12/h1-8H,(H,16,17)(H,19,20). The van der Waals surface area contributed by atoms with Crippen molar-refractivity contribution in [2.45, 2.75) is 0 Å². The highest BCUT2D eigenvalue weighted by molar-refractivity contribution is 7.16. The quantitative estimate of drug-likeness (QED) is 0.595. The number of rotatable bonds is 2. The molecular weight excluding hydrogens is 284 g/mol. The van der Waals surface area contributed by atoms with Crippen LogP contribution in [0.1, 0.15) is 10.4 Å². The van der Waals surface area contributed by atoms with Gasteiger partial charge in [0.15, 0.2) is 0 Å². The van der Waals surface area contributed by atoms with Crippen molar-refractivity contribution in [2.75, 3.05) is 5.32 Å². The summed E-state index contributed by atoms with van der Waals surface area (Å²) in [6, 6.07) is 11.1. The van der Waals surface area contributed by atoms with E-state index >= 15 is 0 Å². The van der Waals surface area contributed by atoms with Crippen LogP contribution in [0.3, 0.4) is 0 Å². The molecule has 0 aliphatic heterocycles. The molecule has 2 heterocycles. The molecule has 4 aromatic rings. The third-order valence-electron chi connectivity index (χ3n) is 3.27. The summed E-state index contributed by atoms with van der Waals surface area (Å²) in [4.78, 5) is 23.7. The Labute approximate surface area is 123 Å². The second-order valence-corrected chi connectivity index (χ2v) is 5.51. The fourth-order valence-electron chi connectivity index (χ4n) is 2.21.